The van der Waals surface area contributed by atoms with Crippen molar-refractivity contribution in [1.82, 2.24) is 10.3 Å². The Kier molecular flexibility index (Phi) is 6.46. The summed E-state index contributed by atoms with van der Waals surface area (Å²) in [5.41, 5.74) is 1.14. The molecule has 1 saturated carbocycles. The van der Waals surface area contributed by atoms with Gasteiger partial charge < -0.3 is 10.1 Å². The zero-order valence-electron chi connectivity index (χ0n) is 13.1. The lowest BCUT2D eigenvalue weighted by Crippen LogP contribution is -2.13. The van der Waals surface area contributed by atoms with Crippen molar-refractivity contribution in [2.24, 2.45) is 5.92 Å². The Balaban J connectivity index is 2.00. The second kappa shape index (κ2) is 8.11. The summed E-state index contributed by atoms with van der Waals surface area (Å²) >= 11 is 1.89. The van der Waals surface area contributed by atoms with Crippen LogP contribution in [0.1, 0.15) is 66.9 Å². The van der Waals surface area contributed by atoms with Crippen molar-refractivity contribution in [2.75, 3.05) is 14.2 Å². The maximum Gasteiger partial charge on any atom is 0.0963 e. The van der Waals surface area contributed by atoms with Crippen molar-refractivity contribution in [3.05, 3.63) is 15.6 Å². The van der Waals surface area contributed by atoms with E-state index in [0.29, 0.717) is 12.5 Å². The molecule has 0 bridgehead atoms. The predicted octanol–water partition coefficient (Wildman–Crippen LogP) is 4.08. The van der Waals surface area contributed by atoms with E-state index < -0.39 is 0 Å². The van der Waals surface area contributed by atoms with Gasteiger partial charge in [-0.1, -0.05) is 19.8 Å². The Morgan fingerprint density at radius 2 is 2.05 bits per heavy atom. The fourth-order valence-electron chi connectivity index (χ4n) is 3.23. The molecule has 4 heteroatoms. The Morgan fingerprint density at radius 1 is 1.30 bits per heavy atom. The van der Waals surface area contributed by atoms with E-state index in [9.17, 15) is 0 Å². The van der Waals surface area contributed by atoms with Gasteiger partial charge >= 0.3 is 0 Å². The molecule has 1 aromatic rings. The van der Waals surface area contributed by atoms with E-state index >= 15 is 0 Å². The van der Waals surface area contributed by atoms with Crippen LogP contribution in [-0.4, -0.2) is 19.1 Å². The minimum absolute atomic E-state index is 0.638. The third kappa shape index (κ3) is 4.03. The number of rotatable bonds is 7. The van der Waals surface area contributed by atoms with Gasteiger partial charge in [0.05, 0.1) is 17.3 Å². The second-order valence-corrected chi connectivity index (χ2v) is 7.01. The quantitative estimate of drug-likeness (QED) is 0.823. The average molecular weight is 296 g/mol. The Bertz CT molecular complexity index is 374. The molecule has 3 nitrogen and oxygen atoms in total. The van der Waals surface area contributed by atoms with E-state index in [-0.39, 0.29) is 0 Å². The largest absolute Gasteiger partial charge is 0.378 e. The van der Waals surface area contributed by atoms with Crippen LogP contribution in [0.15, 0.2) is 0 Å². The third-order valence-electron chi connectivity index (χ3n) is 4.31. The molecule has 0 aliphatic heterocycles. The van der Waals surface area contributed by atoms with Gasteiger partial charge in [0.15, 0.2) is 0 Å². The van der Waals surface area contributed by atoms with E-state index in [4.69, 9.17) is 9.72 Å². The molecule has 0 spiro atoms. The van der Waals surface area contributed by atoms with Gasteiger partial charge in [0.25, 0.3) is 0 Å². The molecule has 114 valence electrons. The van der Waals surface area contributed by atoms with Gasteiger partial charge in [-0.3, -0.25) is 0 Å². The van der Waals surface area contributed by atoms with Gasteiger partial charge in [-0.25, -0.2) is 4.98 Å². The van der Waals surface area contributed by atoms with E-state index in [0.717, 1.165) is 18.2 Å². The van der Waals surface area contributed by atoms with Crippen LogP contribution in [0.3, 0.4) is 0 Å². The molecule has 0 aromatic carbocycles. The highest BCUT2D eigenvalue weighted by molar-refractivity contribution is 7.11. The first-order valence-electron chi connectivity index (χ1n) is 7.90. The zero-order chi connectivity index (χ0) is 14.4. The molecule has 0 radical (unpaired) electrons. The Hall–Kier alpha value is -0.450. The minimum Gasteiger partial charge on any atom is -0.378 e. The second-order valence-electron chi connectivity index (χ2n) is 5.89. The molecule has 20 heavy (non-hydrogen) atoms. The maximum atomic E-state index is 5.28. The summed E-state index contributed by atoms with van der Waals surface area (Å²) in [7, 11) is 3.74. The van der Waals surface area contributed by atoms with Crippen LogP contribution in [-0.2, 0) is 17.9 Å². The van der Waals surface area contributed by atoms with Crippen LogP contribution in [0.4, 0.5) is 0 Å². The van der Waals surface area contributed by atoms with E-state index in [2.05, 4.69) is 12.2 Å². The first-order chi connectivity index (χ1) is 9.78. The summed E-state index contributed by atoms with van der Waals surface area (Å²) in [5.74, 6) is 1.65. The summed E-state index contributed by atoms with van der Waals surface area (Å²) in [6, 6.07) is 0. The number of hydrogen-bond donors (Lipinski definition) is 1. The molecular weight excluding hydrogens is 268 g/mol. The molecule has 0 atom stereocenters. The fourth-order valence-corrected chi connectivity index (χ4v) is 4.48. The molecular formula is C16H28N2OS. The maximum absolute atomic E-state index is 5.28. The first-order valence-corrected chi connectivity index (χ1v) is 8.72. The number of nitrogens with zero attached hydrogens (tertiary/aromatic N) is 1. The molecule has 0 amide bonds. The number of methoxy groups -OCH3 is 1. The smallest absolute Gasteiger partial charge is 0.0963 e. The van der Waals surface area contributed by atoms with Crippen molar-refractivity contribution in [1.29, 1.82) is 0 Å². The van der Waals surface area contributed by atoms with Crippen LogP contribution in [0, 0.1) is 5.92 Å². The Morgan fingerprint density at radius 3 is 2.65 bits per heavy atom. The topological polar surface area (TPSA) is 34.1 Å². The molecule has 1 aromatic heterocycles. The van der Waals surface area contributed by atoms with Gasteiger partial charge in [0.2, 0.25) is 0 Å². The number of nitrogens with one attached hydrogen (secondary N) is 1. The normalized spacial score (nSPS) is 23.1. The van der Waals surface area contributed by atoms with Crippen LogP contribution < -0.4 is 5.32 Å². The van der Waals surface area contributed by atoms with Gasteiger partial charge in [-0.15, -0.1) is 11.3 Å². The van der Waals surface area contributed by atoms with Gasteiger partial charge in [-0.05, 0) is 38.6 Å². The van der Waals surface area contributed by atoms with Crippen molar-refractivity contribution >= 4 is 11.3 Å². The Labute approximate surface area is 127 Å². The van der Waals surface area contributed by atoms with Crippen molar-refractivity contribution < 1.29 is 4.74 Å². The molecule has 0 unspecified atom stereocenters. The number of thiazole rings is 1. The zero-order valence-corrected chi connectivity index (χ0v) is 13.9. The van der Waals surface area contributed by atoms with Crippen LogP contribution in [0.2, 0.25) is 0 Å². The highest BCUT2D eigenvalue weighted by atomic mass is 32.1. The van der Waals surface area contributed by atoms with Crippen molar-refractivity contribution in [3.63, 3.8) is 0 Å². The highest BCUT2D eigenvalue weighted by Gasteiger charge is 2.25. The molecule has 1 aliphatic carbocycles. The summed E-state index contributed by atoms with van der Waals surface area (Å²) in [6.07, 6.45) is 8.16. The lowest BCUT2D eigenvalue weighted by Gasteiger charge is -2.27. The monoisotopic (exact) mass is 296 g/mol. The van der Waals surface area contributed by atoms with E-state index in [1.807, 2.05) is 18.4 Å². The summed E-state index contributed by atoms with van der Waals surface area (Å²) < 4.78 is 5.28. The van der Waals surface area contributed by atoms with E-state index in [1.165, 1.54) is 48.4 Å². The lowest BCUT2D eigenvalue weighted by atomic mass is 9.80. The predicted molar refractivity (Wildman–Crippen MR) is 85.2 cm³/mol. The molecule has 1 N–H and O–H groups in total. The van der Waals surface area contributed by atoms with Crippen LogP contribution in [0.25, 0.3) is 0 Å². The van der Waals surface area contributed by atoms with E-state index in [1.54, 1.807) is 7.11 Å². The third-order valence-corrected chi connectivity index (χ3v) is 5.57. The molecule has 0 saturated heterocycles. The average Bonchev–Trinajstić information content (AvgIpc) is 2.84. The van der Waals surface area contributed by atoms with Gasteiger partial charge in [0.1, 0.15) is 0 Å². The lowest BCUT2D eigenvalue weighted by molar-refractivity contribution is 0.181. The number of ether oxygens (including phenoxy) is 1. The summed E-state index contributed by atoms with van der Waals surface area (Å²) in [4.78, 5) is 6.21. The fraction of sp³-hybridized carbons (Fsp3) is 0.812. The highest BCUT2D eigenvalue weighted by Crippen LogP contribution is 2.39. The van der Waals surface area contributed by atoms with Crippen LogP contribution >= 0.6 is 11.3 Å². The SMILES string of the molecule is CCCC1CCC(c2nc(COC)c(CNC)s2)CC1. The van der Waals surface area contributed by atoms with Crippen molar-refractivity contribution in [2.45, 2.75) is 64.5 Å². The molecule has 1 heterocycles. The summed E-state index contributed by atoms with van der Waals surface area (Å²) in [6.45, 7) is 3.84. The molecule has 1 aliphatic rings. The minimum atomic E-state index is 0.638. The molecule has 2 rings (SSSR count). The molecule has 1 fully saturated rings. The standard InChI is InChI=1S/C16H28N2OS/c1-4-5-12-6-8-13(9-7-12)16-18-14(11-19-3)15(20-16)10-17-2/h12-13,17H,4-11H2,1-3H3. The first kappa shape index (κ1) is 15.9. The summed E-state index contributed by atoms with van der Waals surface area (Å²) in [5, 5.41) is 4.58. The van der Waals surface area contributed by atoms with Crippen molar-refractivity contribution in [3.8, 4) is 0 Å². The number of hydrogen-bond acceptors (Lipinski definition) is 4. The van der Waals surface area contributed by atoms with Crippen LogP contribution in [0.5, 0.6) is 0 Å². The van der Waals surface area contributed by atoms with Gasteiger partial charge in [-0.2, -0.15) is 0 Å². The number of aromatic nitrogens is 1. The van der Waals surface area contributed by atoms with Gasteiger partial charge in [0, 0.05) is 24.4 Å².